The number of rotatable bonds is 5. The molecule has 2 N–H and O–H groups in total. The average molecular weight is 367 g/mol. The fraction of sp³-hybridized carbons (Fsp3) is 0.364. The van der Waals surface area contributed by atoms with Crippen LogP contribution in [0.2, 0.25) is 0 Å². The Bertz CT molecular complexity index is 998. The van der Waals surface area contributed by atoms with Gasteiger partial charge in [0.15, 0.2) is 0 Å². The minimum absolute atomic E-state index is 0.0154. The smallest absolute Gasteiger partial charge is 0.249 e. The lowest BCUT2D eigenvalue weighted by molar-refractivity contribution is 0.288. The van der Waals surface area contributed by atoms with Gasteiger partial charge in [-0.15, -0.1) is 0 Å². The second-order valence-electron chi connectivity index (χ2n) is 7.81. The van der Waals surface area contributed by atoms with Gasteiger partial charge in [-0.3, -0.25) is 9.59 Å². The van der Waals surface area contributed by atoms with E-state index >= 15 is 0 Å². The van der Waals surface area contributed by atoms with Crippen LogP contribution >= 0.6 is 0 Å². The quantitative estimate of drug-likeness (QED) is 0.640. The molecule has 0 aromatic heterocycles. The predicted molar refractivity (Wildman–Crippen MR) is 109 cm³/mol. The zero-order chi connectivity index (χ0) is 19.8. The Morgan fingerprint density at radius 2 is 1.93 bits per heavy atom. The maximum absolute atomic E-state index is 11.9. The Morgan fingerprint density at radius 1 is 1.19 bits per heavy atom. The second-order valence-corrected chi connectivity index (χ2v) is 7.81. The first-order valence-electron chi connectivity index (χ1n) is 9.20. The molecule has 5 nitrogen and oxygen atoms in total. The van der Waals surface area contributed by atoms with Crippen molar-refractivity contribution in [3.63, 3.8) is 0 Å². The molecule has 1 heterocycles. The summed E-state index contributed by atoms with van der Waals surface area (Å²) in [6.45, 7) is 8.90. The van der Waals surface area contributed by atoms with Crippen LogP contribution in [0.3, 0.4) is 0 Å². The van der Waals surface area contributed by atoms with E-state index in [4.69, 9.17) is 15.2 Å². The number of nitrogens with two attached hydrogens (primary N) is 1. The molecule has 0 saturated heterocycles. The van der Waals surface area contributed by atoms with E-state index in [-0.39, 0.29) is 16.7 Å². The summed E-state index contributed by atoms with van der Waals surface area (Å²) in [7, 11) is 0. The number of ether oxygens (including phenoxy) is 2. The van der Waals surface area contributed by atoms with Crippen molar-refractivity contribution in [3.8, 4) is 11.5 Å². The standard InChI is InChI=1S/C22H25NO4/c1-5-6-9-26-14-7-8-17-15(12-14)13(11-18(27-17)22(2,3)4)10-16-19(23)21(25)20(16)24/h7-8,10-12H,5-6,9,23H2,1-4H3. The molecule has 1 aliphatic rings. The van der Waals surface area contributed by atoms with E-state index in [0.29, 0.717) is 12.4 Å². The van der Waals surface area contributed by atoms with Crippen molar-refractivity contribution < 1.29 is 9.47 Å². The van der Waals surface area contributed by atoms with Crippen LogP contribution in [-0.2, 0) is 0 Å². The van der Waals surface area contributed by atoms with Crippen LogP contribution in [0.25, 0.3) is 11.6 Å². The third-order valence-electron chi connectivity index (χ3n) is 4.56. The number of nitrogen functional groups attached to an aromatic ring is 1. The molecule has 0 aliphatic carbocycles. The van der Waals surface area contributed by atoms with Gasteiger partial charge in [-0.25, -0.2) is 0 Å². The van der Waals surface area contributed by atoms with Crippen LogP contribution in [0.5, 0.6) is 11.5 Å². The van der Waals surface area contributed by atoms with E-state index in [1.165, 1.54) is 0 Å². The van der Waals surface area contributed by atoms with E-state index in [1.54, 1.807) is 6.08 Å². The molecule has 0 radical (unpaired) electrons. The summed E-state index contributed by atoms with van der Waals surface area (Å²) in [5, 5.41) is 0. The maximum Gasteiger partial charge on any atom is 0.249 e. The molecule has 0 amide bonds. The van der Waals surface area contributed by atoms with E-state index in [1.807, 2.05) is 24.3 Å². The number of unbranched alkanes of at least 4 members (excludes halogenated alkanes) is 1. The zero-order valence-corrected chi connectivity index (χ0v) is 16.2. The van der Waals surface area contributed by atoms with Crippen LogP contribution in [0.1, 0.15) is 51.7 Å². The van der Waals surface area contributed by atoms with Crippen molar-refractivity contribution in [2.45, 2.75) is 40.5 Å². The van der Waals surface area contributed by atoms with Crippen LogP contribution in [-0.4, -0.2) is 6.61 Å². The van der Waals surface area contributed by atoms with Crippen molar-refractivity contribution in [3.05, 3.63) is 61.6 Å². The lowest BCUT2D eigenvalue weighted by Gasteiger charge is -2.29. The van der Waals surface area contributed by atoms with Gasteiger partial charge in [0, 0.05) is 11.0 Å². The highest BCUT2D eigenvalue weighted by atomic mass is 16.5. The van der Waals surface area contributed by atoms with Gasteiger partial charge in [-0.1, -0.05) is 34.1 Å². The van der Waals surface area contributed by atoms with Crippen LogP contribution in [0.4, 0.5) is 5.69 Å². The second kappa shape index (κ2) is 7.06. The Hall–Kier alpha value is -2.82. The van der Waals surface area contributed by atoms with Gasteiger partial charge in [0.1, 0.15) is 17.3 Å². The third-order valence-corrected chi connectivity index (χ3v) is 4.56. The van der Waals surface area contributed by atoms with Crippen LogP contribution in [0, 0.1) is 5.41 Å². The van der Waals surface area contributed by atoms with Gasteiger partial charge in [0.2, 0.25) is 10.9 Å². The maximum atomic E-state index is 11.9. The first-order chi connectivity index (χ1) is 12.7. The van der Waals surface area contributed by atoms with Crippen molar-refractivity contribution in [2.75, 3.05) is 12.3 Å². The van der Waals surface area contributed by atoms with Crippen LogP contribution < -0.4 is 26.1 Å². The van der Waals surface area contributed by atoms with Crippen molar-refractivity contribution in [2.24, 2.45) is 5.41 Å². The molecule has 0 spiro atoms. The predicted octanol–water partition coefficient (Wildman–Crippen LogP) is 3.91. The van der Waals surface area contributed by atoms with Gasteiger partial charge < -0.3 is 15.2 Å². The topological polar surface area (TPSA) is 78.6 Å². The number of benzene rings is 1. The van der Waals surface area contributed by atoms with Crippen LogP contribution in [0.15, 0.2) is 39.6 Å². The van der Waals surface area contributed by atoms with Gasteiger partial charge in [-0.2, -0.15) is 0 Å². The Labute approximate surface area is 158 Å². The number of hydrogen-bond donors (Lipinski definition) is 1. The molecule has 5 heteroatoms. The average Bonchev–Trinajstić information content (AvgIpc) is 2.64. The van der Waals surface area contributed by atoms with Gasteiger partial charge >= 0.3 is 0 Å². The Morgan fingerprint density at radius 3 is 2.56 bits per heavy atom. The summed E-state index contributed by atoms with van der Waals surface area (Å²) < 4.78 is 11.9. The summed E-state index contributed by atoms with van der Waals surface area (Å²) in [5.41, 5.74) is 6.19. The molecule has 2 aromatic rings. The number of allylic oxidation sites excluding steroid dienone is 3. The molecule has 0 saturated carbocycles. The van der Waals surface area contributed by atoms with E-state index in [2.05, 4.69) is 27.7 Å². The van der Waals surface area contributed by atoms with E-state index < -0.39 is 10.9 Å². The zero-order valence-electron chi connectivity index (χ0n) is 16.2. The minimum atomic E-state index is -0.620. The first kappa shape index (κ1) is 19.0. The molecule has 0 unspecified atom stereocenters. The number of fused-ring (bicyclic) bond motifs is 1. The SMILES string of the molecule is CCCCOc1ccc2c(c1)C(=Cc1c(N)c(=O)c1=O)C=C(C(C)(C)C)O2. The fourth-order valence-electron chi connectivity index (χ4n) is 2.83. The molecule has 142 valence electrons. The largest absolute Gasteiger partial charge is 0.494 e. The molecule has 3 rings (SSSR count). The lowest BCUT2D eigenvalue weighted by Crippen LogP contribution is -2.36. The molecule has 27 heavy (non-hydrogen) atoms. The highest BCUT2D eigenvalue weighted by Gasteiger charge is 2.27. The summed E-state index contributed by atoms with van der Waals surface area (Å²) >= 11 is 0. The van der Waals surface area contributed by atoms with Crippen molar-refractivity contribution >= 4 is 17.3 Å². The van der Waals surface area contributed by atoms with Gasteiger partial charge in [0.25, 0.3) is 0 Å². The lowest BCUT2D eigenvalue weighted by atomic mass is 9.88. The summed E-state index contributed by atoms with van der Waals surface area (Å²) in [6.07, 6.45) is 5.60. The summed E-state index contributed by atoms with van der Waals surface area (Å²) in [5.74, 6) is 2.20. The monoisotopic (exact) mass is 367 g/mol. The molecular formula is C22H25NO4. The highest BCUT2D eigenvalue weighted by molar-refractivity contribution is 5.94. The van der Waals surface area contributed by atoms with E-state index in [0.717, 1.165) is 35.5 Å². The fourth-order valence-corrected chi connectivity index (χ4v) is 2.83. The Balaban J connectivity index is 2.07. The molecule has 0 atom stereocenters. The molecule has 1 aliphatic heterocycles. The minimum Gasteiger partial charge on any atom is -0.494 e. The molecule has 2 aromatic carbocycles. The Kier molecular flexibility index (Phi) is 4.96. The van der Waals surface area contributed by atoms with E-state index in [9.17, 15) is 9.59 Å². The summed E-state index contributed by atoms with van der Waals surface area (Å²) in [6, 6.07) is 5.65. The third kappa shape index (κ3) is 3.68. The van der Waals surface area contributed by atoms with Gasteiger partial charge in [0.05, 0.1) is 17.9 Å². The first-order valence-corrected chi connectivity index (χ1v) is 9.20. The molecule has 0 bridgehead atoms. The van der Waals surface area contributed by atoms with Gasteiger partial charge in [-0.05, 0) is 42.3 Å². The number of anilines is 1. The normalized spacial score (nSPS) is 15.4. The van der Waals surface area contributed by atoms with Crippen molar-refractivity contribution in [1.29, 1.82) is 0 Å². The molecular weight excluding hydrogens is 342 g/mol. The number of hydrogen-bond acceptors (Lipinski definition) is 5. The highest BCUT2D eigenvalue weighted by Crippen LogP contribution is 2.41. The molecule has 0 fully saturated rings. The van der Waals surface area contributed by atoms with Crippen molar-refractivity contribution in [1.82, 2.24) is 0 Å². The summed E-state index contributed by atoms with van der Waals surface area (Å²) in [4.78, 5) is 23.3.